The molecule has 1 aliphatic heterocycles. The van der Waals surface area contributed by atoms with E-state index in [9.17, 15) is 18.0 Å². The van der Waals surface area contributed by atoms with Crippen molar-refractivity contribution in [2.75, 3.05) is 18.0 Å². The van der Waals surface area contributed by atoms with Crippen LogP contribution in [0.1, 0.15) is 17.0 Å². The zero-order chi connectivity index (χ0) is 22.7. The average molecular weight is 444 g/mol. The van der Waals surface area contributed by atoms with Gasteiger partial charge in [0.2, 0.25) is 5.95 Å². The predicted octanol–water partition coefficient (Wildman–Crippen LogP) is 3.71. The summed E-state index contributed by atoms with van der Waals surface area (Å²) in [5.41, 5.74) is 0.864. The molecule has 10 heteroatoms. The molecule has 0 radical (unpaired) electrons. The van der Waals surface area contributed by atoms with Gasteiger partial charge in [-0.1, -0.05) is 30.3 Å². The van der Waals surface area contributed by atoms with E-state index in [1.165, 1.54) is 12.4 Å². The van der Waals surface area contributed by atoms with E-state index in [0.29, 0.717) is 18.4 Å². The van der Waals surface area contributed by atoms with Crippen LogP contribution in [0.15, 0.2) is 54.9 Å². The minimum absolute atomic E-state index is 0.108. The molecule has 2 atom stereocenters. The normalized spacial score (nSPS) is 17.9. The first-order valence-corrected chi connectivity index (χ1v) is 9.78. The van der Waals surface area contributed by atoms with Gasteiger partial charge in [0.05, 0.1) is 18.4 Å². The third-order valence-corrected chi connectivity index (χ3v) is 5.21. The standard InChI is InChI=1S/C22H19F3N4O3/c23-17-7-19(25)18(24)6-15(17)16-10-29(11-20(16)28-22(30)31)21-26-8-14(9-27-21)32-12-13-4-2-1-3-5-13/h1-9,16,20,28H,10-12H2,(H,30,31)/t16-,20+/m1/s1. The van der Waals surface area contributed by atoms with Gasteiger partial charge in [-0.15, -0.1) is 0 Å². The van der Waals surface area contributed by atoms with Crippen LogP contribution in [0.3, 0.4) is 0 Å². The van der Waals surface area contributed by atoms with Crippen molar-refractivity contribution in [2.45, 2.75) is 18.6 Å². The number of aromatic nitrogens is 2. The fourth-order valence-corrected chi connectivity index (χ4v) is 3.70. The van der Waals surface area contributed by atoms with Crippen LogP contribution < -0.4 is 15.0 Å². The Labute approximate surface area is 181 Å². The van der Waals surface area contributed by atoms with Gasteiger partial charge in [0.15, 0.2) is 17.4 Å². The van der Waals surface area contributed by atoms with Gasteiger partial charge in [-0.3, -0.25) is 0 Å². The molecule has 0 aliphatic carbocycles. The molecule has 2 heterocycles. The Morgan fingerprint density at radius 3 is 2.44 bits per heavy atom. The van der Waals surface area contributed by atoms with Crippen LogP contribution in [0.25, 0.3) is 0 Å². The Morgan fingerprint density at radius 2 is 1.75 bits per heavy atom. The molecule has 1 aromatic heterocycles. The fraction of sp³-hybridized carbons (Fsp3) is 0.227. The minimum atomic E-state index is -1.31. The topological polar surface area (TPSA) is 87.6 Å². The number of nitrogens with zero attached hydrogens (tertiary/aromatic N) is 3. The van der Waals surface area contributed by atoms with Crippen molar-refractivity contribution < 1.29 is 27.8 Å². The Hall–Kier alpha value is -3.82. The molecule has 166 valence electrons. The lowest BCUT2D eigenvalue weighted by Gasteiger charge is -2.19. The summed E-state index contributed by atoms with van der Waals surface area (Å²) in [4.78, 5) is 21.4. The van der Waals surface area contributed by atoms with E-state index in [1.807, 2.05) is 30.3 Å². The number of carbonyl (C=O) groups is 1. The van der Waals surface area contributed by atoms with E-state index in [4.69, 9.17) is 9.84 Å². The third-order valence-electron chi connectivity index (χ3n) is 5.21. The first-order chi connectivity index (χ1) is 15.4. The molecule has 32 heavy (non-hydrogen) atoms. The van der Waals surface area contributed by atoms with E-state index in [1.54, 1.807) is 4.90 Å². The Kier molecular flexibility index (Phi) is 6.11. The zero-order valence-electron chi connectivity index (χ0n) is 16.7. The third kappa shape index (κ3) is 4.74. The fourth-order valence-electron chi connectivity index (χ4n) is 3.70. The van der Waals surface area contributed by atoms with Gasteiger partial charge in [0.25, 0.3) is 0 Å². The van der Waals surface area contributed by atoms with Gasteiger partial charge >= 0.3 is 6.09 Å². The summed E-state index contributed by atoms with van der Waals surface area (Å²) in [6, 6.07) is 10.0. The number of benzene rings is 2. The van der Waals surface area contributed by atoms with Crippen molar-refractivity contribution in [1.29, 1.82) is 0 Å². The molecule has 0 spiro atoms. The summed E-state index contributed by atoms with van der Waals surface area (Å²) in [5, 5.41) is 11.5. The summed E-state index contributed by atoms with van der Waals surface area (Å²) >= 11 is 0. The summed E-state index contributed by atoms with van der Waals surface area (Å²) in [5.74, 6) is -3.50. The molecule has 4 rings (SSSR count). The van der Waals surface area contributed by atoms with Crippen molar-refractivity contribution >= 4 is 12.0 Å². The molecule has 1 saturated heterocycles. The molecule has 2 N–H and O–H groups in total. The first kappa shape index (κ1) is 21.4. The molecule has 0 bridgehead atoms. The molecular formula is C22H19F3N4O3. The number of carboxylic acid groups (broad SMARTS) is 1. The van der Waals surface area contributed by atoms with Crippen molar-refractivity contribution in [3.8, 4) is 5.75 Å². The number of rotatable bonds is 6. The quantitative estimate of drug-likeness (QED) is 0.564. The van der Waals surface area contributed by atoms with Crippen LogP contribution in [0.5, 0.6) is 5.75 Å². The number of amides is 1. The van der Waals surface area contributed by atoms with Gasteiger partial charge in [-0.25, -0.2) is 27.9 Å². The molecular weight excluding hydrogens is 425 g/mol. The van der Waals surface area contributed by atoms with Crippen LogP contribution in [0.4, 0.5) is 23.9 Å². The maximum absolute atomic E-state index is 14.4. The predicted molar refractivity (Wildman–Crippen MR) is 109 cm³/mol. The molecule has 0 unspecified atom stereocenters. The smallest absolute Gasteiger partial charge is 0.404 e. The van der Waals surface area contributed by atoms with Gasteiger partial charge in [0, 0.05) is 25.1 Å². The largest absolute Gasteiger partial charge is 0.486 e. The van der Waals surface area contributed by atoms with E-state index < -0.39 is 35.5 Å². The highest BCUT2D eigenvalue weighted by Crippen LogP contribution is 2.32. The summed E-state index contributed by atoms with van der Waals surface area (Å²) in [7, 11) is 0. The van der Waals surface area contributed by atoms with Crippen LogP contribution in [-0.4, -0.2) is 40.3 Å². The average Bonchev–Trinajstić information content (AvgIpc) is 3.18. The number of ether oxygens (including phenoxy) is 1. The van der Waals surface area contributed by atoms with Crippen molar-refractivity contribution in [2.24, 2.45) is 0 Å². The van der Waals surface area contributed by atoms with E-state index in [-0.39, 0.29) is 24.6 Å². The lowest BCUT2D eigenvalue weighted by Crippen LogP contribution is -2.39. The van der Waals surface area contributed by atoms with Gasteiger partial charge in [-0.2, -0.15) is 0 Å². The highest BCUT2D eigenvalue weighted by atomic mass is 19.2. The van der Waals surface area contributed by atoms with Crippen molar-refractivity contribution in [3.05, 3.63) is 83.4 Å². The monoisotopic (exact) mass is 444 g/mol. The Bertz CT molecular complexity index is 1100. The van der Waals surface area contributed by atoms with E-state index in [0.717, 1.165) is 11.6 Å². The summed E-state index contributed by atoms with van der Waals surface area (Å²) < 4.78 is 47.1. The molecule has 1 amide bonds. The second-order valence-corrected chi connectivity index (χ2v) is 7.35. The zero-order valence-corrected chi connectivity index (χ0v) is 16.7. The Morgan fingerprint density at radius 1 is 1.06 bits per heavy atom. The van der Waals surface area contributed by atoms with Crippen LogP contribution in [0, 0.1) is 17.5 Å². The number of hydrogen-bond donors (Lipinski definition) is 2. The molecule has 2 aromatic carbocycles. The van der Waals surface area contributed by atoms with Crippen LogP contribution in [0.2, 0.25) is 0 Å². The van der Waals surface area contributed by atoms with Crippen LogP contribution in [-0.2, 0) is 6.61 Å². The van der Waals surface area contributed by atoms with Gasteiger partial charge in [-0.05, 0) is 17.2 Å². The SMILES string of the molecule is O=C(O)N[C@H]1CN(c2ncc(OCc3ccccc3)cn2)C[C@@H]1c1cc(F)c(F)cc1F. The lowest BCUT2D eigenvalue weighted by atomic mass is 9.93. The minimum Gasteiger partial charge on any atom is -0.486 e. The van der Waals surface area contributed by atoms with E-state index >= 15 is 0 Å². The van der Waals surface area contributed by atoms with E-state index in [2.05, 4.69) is 15.3 Å². The van der Waals surface area contributed by atoms with Crippen molar-refractivity contribution in [3.63, 3.8) is 0 Å². The second kappa shape index (κ2) is 9.13. The van der Waals surface area contributed by atoms with Crippen molar-refractivity contribution in [1.82, 2.24) is 15.3 Å². The molecule has 0 saturated carbocycles. The van der Waals surface area contributed by atoms with Gasteiger partial charge < -0.3 is 20.1 Å². The van der Waals surface area contributed by atoms with Gasteiger partial charge in [0.1, 0.15) is 12.4 Å². The molecule has 1 fully saturated rings. The molecule has 7 nitrogen and oxygen atoms in total. The second-order valence-electron chi connectivity index (χ2n) is 7.35. The number of hydrogen-bond acceptors (Lipinski definition) is 5. The maximum Gasteiger partial charge on any atom is 0.404 e. The Balaban J connectivity index is 1.50. The summed E-state index contributed by atoms with van der Waals surface area (Å²) in [6.45, 7) is 0.576. The number of halogens is 3. The molecule has 3 aromatic rings. The number of nitrogens with one attached hydrogen (secondary N) is 1. The summed E-state index contributed by atoms with van der Waals surface area (Å²) in [6.07, 6.45) is 1.66. The highest BCUT2D eigenvalue weighted by molar-refractivity contribution is 5.65. The maximum atomic E-state index is 14.4. The number of anilines is 1. The lowest BCUT2D eigenvalue weighted by molar-refractivity contribution is 0.189. The highest BCUT2D eigenvalue weighted by Gasteiger charge is 2.38. The first-order valence-electron chi connectivity index (χ1n) is 9.78. The van der Waals surface area contributed by atoms with Crippen LogP contribution >= 0.6 is 0 Å². The molecule has 1 aliphatic rings.